The third kappa shape index (κ3) is 3.38. The van der Waals surface area contributed by atoms with Gasteiger partial charge in [-0.25, -0.2) is 4.98 Å². The molecular formula is C20H23N3O2S. The van der Waals surface area contributed by atoms with Crippen molar-refractivity contribution in [3.63, 3.8) is 0 Å². The number of benzene rings is 1. The van der Waals surface area contributed by atoms with Gasteiger partial charge in [0.2, 0.25) is 11.8 Å². The van der Waals surface area contributed by atoms with E-state index in [0.717, 1.165) is 35.5 Å². The Bertz CT molecular complexity index is 809. The molecule has 6 heteroatoms. The predicted octanol–water partition coefficient (Wildman–Crippen LogP) is 2.66. The first-order valence-corrected chi connectivity index (χ1v) is 9.98. The summed E-state index contributed by atoms with van der Waals surface area (Å²) in [7, 11) is 0. The smallest absolute Gasteiger partial charge is 0.228 e. The monoisotopic (exact) mass is 369 g/mol. The van der Waals surface area contributed by atoms with Gasteiger partial charge >= 0.3 is 0 Å². The molecule has 2 fully saturated rings. The molecule has 136 valence electrons. The number of hydrogen-bond donors (Lipinski definition) is 1. The Labute approximate surface area is 157 Å². The van der Waals surface area contributed by atoms with Gasteiger partial charge < -0.3 is 10.2 Å². The molecule has 26 heavy (non-hydrogen) atoms. The average molecular weight is 369 g/mol. The Kier molecular flexibility index (Phi) is 4.53. The van der Waals surface area contributed by atoms with E-state index in [9.17, 15) is 9.59 Å². The zero-order chi connectivity index (χ0) is 18.1. The van der Waals surface area contributed by atoms with Crippen LogP contribution in [-0.2, 0) is 16.0 Å². The van der Waals surface area contributed by atoms with E-state index in [1.54, 1.807) is 11.3 Å². The molecule has 5 nitrogen and oxygen atoms in total. The summed E-state index contributed by atoms with van der Waals surface area (Å²) in [5, 5.41) is 6.19. The van der Waals surface area contributed by atoms with E-state index in [-0.39, 0.29) is 23.3 Å². The molecule has 0 unspecified atom stereocenters. The Morgan fingerprint density at radius 2 is 2.04 bits per heavy atom. The zero-order valence-corrected chi connectivity index (χ0v) is 15.7. The lowest BCUT2D eigenvalue weighted by Gasteiger charge is -2.39. The highest BCUT2D eigenvalue weighted by Crippen LogP contribution is 2.39. The molecule has 1 aromatic heterocycles. The van der Waals surface area contributed by atoms with Gasteiger partial charge in [-0.1, -0.05) is 30.3 Å². The highest BCUT2D eigenvalue weighted by Gasteiger charge is 2.46. The van der Waals surface area contributed by atoms with Crippen LogP contribution >= 0.6 is 11.3 Å². The average Bonchev–Trinajstić information content (AvgIpc) is 3.19. The third-order valence-electron chi connectivity index (χ3n) is 5.57. The molecule has 0 aliphatic carbocycles. The summed E-state index contributed by atoms with van der Waals surface area (Å²) in [5.74, 6) is 0.180. The molecule has 2 aromatic rings. The highest BCUT2D eigenvalue weighted by atomic mass is 32.1. The first kappa shape index (κ1) is 17.2. The van der Waals surface area contributed by atoms with Crippen molar-refractivity contribution in [3.8, 4) is 0 Å². The standard InChI is InChI=1S/C20H23N3O2S/c1-14-21-16(13-26-14)11-18(24)23-9-7-20(8-10-23)12-17(19(25)22-20)15-5-3-2-4-6-15/h2-6,13,17H,7-12H2,1H3,(H,22,25)/t17-/m0/s1. The number of nitrogens with zero attached hydrogens (tertiary/aromatic N) is 2. The number of rotatable bonds is 3. The third-order valence-corrected chi connectivity index (χ3v) is 6.40. The van der Waals surface area contributed by atoms with Gasteiger partial charge in [-0.2, -0.15) is 0 Å². The molecule has 0 bridgehead atoms. The summed E-state index contributed by atoms with van der Waals surface area (Å²) in [4.78, 5) is 31.3. The Morgan fingerprint density at radius 3 is 2.69 bits per heavy atom. The first-order valence-electron chi connectivity index (χ1n) is 9.10. The van der Waals surface area contributed by atoms with E-state index in [4.69, 9.17) is 0 Å². The van der Waals surface area contributed by atoms with E-state index in [2.05, 4.69) is 10.3 Å². The Morgan fingerprint density at radius 1 is 1.31 bits per heavy atom. The largest absolute Gasteiger partial charge is 0.350 e. The number of carbonyl (C=O) groups excluding carboxylic acids is 2. The van der Waals surface area contributed by atoms with Crippen LogP contribution in [0.1, 0.15) is 41.4 Å². The number of thiazole rings is 1. The van der Waals surface area contributed by atoms with Crippen molar-refractivity contribution < 1.29 is 9.59 Å². The van der Waals surface area contributed by atoms with Gasteiger partial charge in [0.25, 0.3) is 0 Å². The number of carbonyl (C=O) groups is 2. The van der Waals surface area contributed by atoms with Crippen molar-refractivity contribution >= 4 is 23.2 Å². The topological polar surface area (TPSA) is 62.3 Å². The molecular weight excluding hydrogens is 346 g/mol. The van der Waals surface area contributed by atoms with Crippen molar-refractivity contribution in [2.45, 2.75) is 44.1 Å². The minimum Gasteiger partial charge on any atom is -0.350 e. The van der Waals surface area contributed by atoms with Gasteiger partial charge in [-0.3, -0.25) is 9.59 Å². The second kappa shape index (κ2) is 6.83. The van der Waals surface area contributed by atoms with Crippen LogP contribution in [-0.4, -0.2) is 40.3 Å². The van der Waals surface area contributed by atoms with Crippen molar-refractivity contribution in [2.75, 3.05) is 13.1 Å². The summed E-state index contributed by atoms with van der Waals surface area (Å²) >= 11 is 1.58. The van der Waals surface area contributed by atoms with Gasteiger partial charge in [0.1, 0.15) is 0 Å². The number of likely N-dealkylation sites (tertiary alicyclic amines) is 1. The maximum Gasteiger partial charge on any atom is 0.228 e. The lowest BCUT2D eigenvalue weighted by molar-refractivity contribution is -0.132. The Balaban J connectivity index is 1.37. The van der Waals surface area contributed by atoms with Crippen LogP contribution in [0.4, 0.5) is 0 Å². The second-order valence-electron chi connectivity index (χ2n) is 7.35. The van der Waals surface area contributed by atoms with Gasteiger partial charge in [-0.15, -0.1) is 11.3 Å². The first-order chi connectivity index (χ1) is 12.5. The van der Waals surface area contributed by atoms with Gasteiger partial charge in [0.05, 0.1) is 23.0 Å². The molecule has 2 aliphatic heterocycles. The SMILES string of the molecule is Cc1nc(CC(=O)N2CCC3(CC2)C[C@@H](c2ccccc2)C(=O)N3)cs1. The molecule has 2 aliphatic rings. The van der Waals surface area contributed by atoms with Crippen molar-refractivity contribution in [3.05, 3.63) is 52.0 Å². The number of aromatic nitrogens is 1. The highest BCUT2D eigenvalue weighted by molar-refractivity contribution is 7.09. The van der Waals surface area contributed by atoms with Crippen molar-refractivity contribution in [1.29, 1.82) is 0 Å². The molecule has 1 spiro atoms. The van der Waals surface area contributed by atoms with Crippen LogP contribution in [0.25, 0.3) is 0 Å². The lowest BCUT2D eigenvalue weighted by Crippen LogP contribution is -2.52. The molecule has 2 amide bonds. The number of nitrogens with one attached hydrogen (secondary N) is 1. The van der Waals surface area contributed by atoms with E-state index in [1.165, 1.54) is 0 Å². The van der Waals surface area contributed by atoms with E-state index >= 15 is 0 Å². The van der Waals surface area contributed by atoms with Gasteiger partial charge in [0.15, 0.2) is 0 Å². The van der Waals surface area contributed by atoms with Crippen LogP contribution in [0.2, 0.25) is 0 Å². The number of piperidine rings is 1. The fourth-order valence-corrected chi connectivity index (χ4v) is 4.72. The quantitative estimate of drug-likeness (QED) is 0.905. The summed E-state index contributed by atoms with van der Waals surface area (Å²) in [6.45, 7) is 3.35. The van der Waals surface area contributed by atoms with Crippen LogP contribution in [0.3, 0.4) is 0 Å². The van der Waals surface area contributed by atoms with Gasteiger partial charge in [-0.05, 0) is 31.7 Å². The molecule has 4 rings (SSSR count). The predicted molar refractivity (Wildman–Crippen MR) is 101 cm³/mol. The van der Waals surface area contributed by atoms with Gasteiger partial charge in [0, 0.05) is 24.0 Å². The van der Waals surface area contributed by atoms with E-state index in [0.29, 0.717) is 19.5 Å². The number of hydrogen-bond acceptors (Lipinski definition) is 4. The minimum absolute atomic E-state index is 0.0727. The molecule has 2 saturated heterocycles. The fourth-order valence-electron chi connectivity index (χ4n) is 4.11. The summed E-state index contributed by atoms with van der Waals surface area (Å²) in [5.41, 5.74) is 1.78. The molecule has 1 aromatic carbocycles. The van der Waals surface area contributed by atoms with E-state index < -0.39 is 0 Å². The zero-order valence-electron chi connectivity index (χ0n) is 14.9. The minimum atomic E-state index is -0.161. The fraction of sp³-hybridized carbons (Fsp3) is 0.450. The summed E-state index contributed by atoms with van der Waals surface area (Å²) in [6, 6.07) is 9.99. The van der Waals surface area contributed by atoms with Crippen molar-refractivity contribution in [1.82, 2.24) is 15.2 Å². The van der Waals surface area contributed by atoms with Crippen LogP contribution in [0, 0.1) is 6.92 Å². The van der Waals surface area contributed by atoms with E-state index in [1.807, 2.05) is 47.5 Å². The summed E-state index contributed by atoms with van der Waals surface area (Å²) < 4.78 is 0. The molecule has 3 heterocycles. The van der Waals surface area contributed by atoms with Crippen LogP contribution in [0.15, 0.2) is 35.7 Å². The summed E-state index contributed by atoms with van der Waals surface area (Å²) in [6.07, 6.45) is 2.84. The number of amides is 2. The molecule has 0 saturated carbocycles. The lowest BCUT2D eigenvalue weighted by atomic mass is 9.82. The van der Waals surface area contributed by atoms with Crippen LogP contribution < -0.4 is 5.32 Å². The Hall–Kier alpha value is -2.21. The molecule has 1 atom stereocenters. The number of aryl methyl sites for hydroxylation is 1. The van der Waals surface area contributed by atoms with Crippen molar-refractivity contribution in [2.24, 2.45) is 0 Å². The normalized spacial score (nSPS) is 21.8. The van der Waals surface area contributed by atoms with Crippen LogP contribution in [0.5, 0.6) is 0 Å². The molecule has 0 radical (unpaired) electrons. The second-order valence-corrected chi connectivity index (χ2v) is 8.41. The maximum atomic E-state index is 12.5. The molecule has 1 N–H and O–H groups in total. The maximum absolute atomic E-state index is 12.5.